The number of ether oxygens (including phenoxy) is 1. The molecule has 1 aromatic heterocycles. The van der Waals surface area contributed by atoms with E-state index in [1.165, 1.54) is 16.4 Å². The van der Waals surface area contributed by atoms with Crippen molar-refractivity contribution in [3.63, 3.8) is 0 Å². The number of amides is 1. The molecular weight excluding hydrogens is 433 g/mol. The van der Waals surface area contributed by atoms with Crippen LogP contribution in [0.3, 0.4) is 0 Å². The zero-order valence-electron chi connectivity index (χ0n) is 16.6. The molecule has 162 valence electrons. The molecular formula is C19H22FN3O5S2. The Morgan fingerprint density at radius 3 is 2.50 bits per heavy atom. The minimum atomic E-state index is -3.73. The number of halogens is 1. The number of aromatic nitrogens is 1. The van der Waals surface area contributed by atoms with E-state index in [4.69, 9.17) is 4.74 Å². The Morgan fingerprint density at radius 2 is 1.90 bits per heavy atom. The normalized spacial score (nSPS) is 15.7. The molecule has 0 aliphatic carbocycles. The number of thiazole rings is 1. The molecule has 1 aliphatic heterocycles. The van der Waals surface area contributed by atoms with Gasteiger partial charge in [-0.3, -0.25) is 4.79 Å². The zero-order chi connectivity index (χ0) is 21.9. The highest BCUT2D eigenvalue weighted by Gasteiger charge is 2.32. The first-order valence-corrected chi connectivity index (χ1v) is 11.7. The molecule has 1 amide bonds. The van der Waals surface area contributed by atoms with E-state index >= 15 is 0 Å². The lowest BCUT2D eigenvalue weighted by Gasteiger charge is -2.30. The van der Waals surface area contributed by atoms with E-state index in [1.807, 2.05) is 0 Å². The van der Waals surface area contributed by atoms with E-state index in [0.29, 0.717) is 28.5 Å². The van der Waals surface area contributed by atoms with Crippen LogP contribution in [0.2, 0.25) is 0 Å². The van der Waals surface area contributed by atoms with Gasteiger partial charge in [-0.05, 0) is 51.0 Å². The fourth-order valence-corrected chi connectivity index (χ4v) is 5.49. The number of esters is 1. The predicted octanol–water partition coefficient (Wildman–Crippen LogP) is 2.81. The number of carbonyl (C=O) groups is 2. The fourth-order valence-electron chi connectivity index (χ4n) is 3.16. The van der Waals surface area contributed by atoms with E-state index in [0.717, 1.165) is 23.5 Å². The summed E-state index contributed by atoms with van der Waals surface area (Å²) < 4.78 is 44.7. The number of sulfonamides is 1. The van der Waals surface area contributed by atoms with Gasteiger partial charge in [0.25, 0.3) is 0 Å². The summed E-state index contributed by atoms with van der Waals surface area (Å²) in [5, 5.41) is 3.02. The fraction of sp³-hybridized carbons (Fsp3) is 0.421. The summed E-state index contributed by atoms with van der Waals surface area (Å²) in [5.41, 5.74) is 0.481. The monoisotopic (exact) mass is 455 g/mol. The third-order valence-corrected chi connectivity index (χ3v) is 7.73. The Bertz CT molecular complexity index is 1030. The number of nitrogens with one attached hydrogen (secondary N) is 1. The van der Waals surface area contributed by atoms with Crippen LogP contribution in [-0.2, 0) is 19.6 Å². The van der Waals surface area contributed by atoms with Crippen molar-refractivity contribution >= 4 is 38.4 Å². The summed E-state index contributed by atoms with van der Waals surface area (Å²) in [7, 11) is -3.73. The average molecular weight is 456 g/mol. The van der Waals surface area contributed by atoms with Gasteiger partial charge in [0.2, 0.25) is 15.9 Å². The van der Waals surface area contributed by atoms with Gasteiger partial charge >= 0.3 is 5.97 Å². The molecule has 0 unspecified atom stereocenters. The third kappa shape index (κ3) is 4.85. The Morgan fingerprint density at radius 1 is 1.27 bits per heavy atom. The van der Waals surface area contributed by atoms with Crippen LogP contribution in [0.15, 0.2) is 29.2 Å². The van der Waals surface area contributed by atoms with Gasteiger partial charge in [-0.25, -0.2) is 22.6 Å². The van der Waals surface area contributed by atoms with Crippen molar-refractivity contribution in [2.75, 3.05) is 25.0 Å². The second kappa shape index (κ2) is 9.19. The standard InChI is InChI=1S/C19H22FN3O5S2/c1-3-28-18(25)16-12(2)21-19(29-16)22-17(24)13-8-10-23(11-9-13)30(26,27)15-6-4-14(20)5-7-15/h4-7,13H,3,8-11H2,1-2H3,(H,21,22,24). The first kappa shape index (κ1) is 22.3. The topological polar surface area (TPSA) is 106 Å². The van der Waals surface area contributed by atoms with Crippen molar-refractivity contribution in [2.45, 2.75) is 31.6 Å². The van der Waals surface area contributed by atoms with Crippen LogP contribution in [0.1, 0.15) is 35.1 Å². The molecule has 11 heteroatoms. The van der Waals surface area contributed by atoms with Crippen LogP contribution in [0.4, 0.5) is 9.52 Å². The Hall–Kier alpha value is -2.37. The number of rotatable bonds is 6. The molecule has 3 rings (SSSR count). The molecule has 0 saturated carbocycles. The SMILES string of the molecule is CCOC(=O)c1sc(NC(=O)C2CCN(S(=O)(=O)c3ccc(F)cc3)CC2)nc1C. The summed E-state index contributed by atoms with van der Waals surface area (Å²) in [6.45, 7) is 3.99. The number of benzene rings is 1. The second-order valence-electron chi connectivity index (χ2n) is 6.78. The lowest BCUT2D eigenvalue weighted by Crippen LogP contribution is -2.41. The van der Waals surface area contributed by atoms with Gasteiger partial charge in [0.15, 0.2) is 5.13 Å². The largest absolute Gasteiger partial charge is 0.462 e. The molecule has 1 aromatic carbocycles. The minimum absolute atomic E-state index is 0.0246. The van der Waals surface area contributed by atoms with Gasteiger partial charge in [0.1, 0.15) is 10.7 Å². The number of anilines is 1. The molecule has 1 aliphatic rings. The summed E-state index contributed by atoms with van der Waals surface area (Å²) in [6, 6.07) is 4.67. The molecule has 2 aromatic rings. The molecule has 8 nitrogen and oxygen atoms in total. The number of hydrogen-bond donors (Lipinski definition) is 1. The highest BCUT2D eigenvalue weighted by Crippen LogP contribution is 2.27. The third-order valence-electron chi connectivity index (χ3n) is 4.76. The Labute approximate surface area is 178 Å². The van der Waals surface area contributed by atoms with E-state index in [9.17, 15) is 22.4 Å². The lowest BCUT2D eigenvalue weighted by atomic mass is 9.97. The van der Waals surface area contributed by atoms with Gasteiger partial charge in [-0.1, -0.05) is 11.3 Å². The van der Waals surface area contributed by atoms with Crippen molar-refractivity contribution in [1.82, 2.24) is 9.29 Å². The molecule has 1 saturated heterocycles. The van der Waals surface area contributed by atoms with Crippen molar-refractivity contribution < 1.29 is 27.1 Å². The number of nitrogens with zero attached hydrogens (tertiary/aromatic N) is 2. The molecule has 30 heavy (non-hydrogen) atoms. The van der Waals surface area contributed by atoms with E-state index in [2.05, 4.69) is 10.3 Å². The average Bonchev–Trinajstić information content (AvgIpc) is 3.08. The highest BCUT2D eigenvalue weighted by atomic mass is 32.2. The summed E-state index contributed by atoms with van der Waals surface area (Å²) in [6.07, 6.45) is 0.697. The molecule has 2 heterocycles. The Kier molecular flexibility index (Phi) is 6.84. The molecule has 0 spiro atoms. The van der Waals surface area contributed by atoms with Gasteiger partial charge < -0.3 is 10.1 Å². The zero-order valence-corrected chi connectivity index (χ0v) is 18.2. The van der Waals surface area contributed by atoms with Crippen molar-refractivity contribution in [3.8, 4) is 0 Å². The summed E-state index contributed by atoms with van der Waals surface area (Å²) in [5.74, 6) is -1.63. The maximum absolute atomic E-state index is 13.1. The number of aryl methyl sites for hydroxylation is 1. The van der Waals surface area contributed by atoms with Crippen LogP contribution >= 0.6 is 11.3 Å². The smallest absolute Gasteiger partial charge is 0.350 e. The maximum atomic E-state index is 13.1. The van der Waals surface area contributed by atoms with Crippen LogP contribution in [0.25, 0.3) is 0 Å². The second-order valence-corrected chi connectivity index (χ2v) is 9.71. The van der Waals surface area contributed by atoms with Crippen LogP contribution < -0.4 is 5.32 Å². The van der Waals surface area contributed by atoms with Crippen LogP contribution in [-0.4, -0.2) is 49.3 Å². The van der Waals surface area contributed by atoms with Crippen molar-refractivity contribution in [1.29, 1.82) is 0 Å². The summed E-state index contributed by atoms with van der Waals surface area (Å²) in [4.78, 5) is 29.0. The van der Waals surface area contributed by atoms with E-state index in [1.54, 1.807) is 13.8 Å². The molecule has 0 bridgehead atoms. The van der Waals surface area contributed by atoms with Gasteiger partial charge in [-0.2, -0.15) is 4.31 Å². The quantitative estimate of drug-likeness (QED) is 0.672. The van der Waals surface area contributed by atoms with Crippen molar-refractivity contribution in [2.24, 2.45) is 5.92 Å². The number of hydrogen-bond acceptors (Lipinski definition) is 7. The van der Waals surface area contributed by atoms with E-state index < -0.39 is 21.8 Å². The first-order chi connectivity index (χ1) is 14.2. The van der Waals surface area contributed by atoms with Crippen molar-refractivity contribution in [3.05, 3.63) is 40.7 Å². The van der Waals surface area contributed by atoms with Gasteiger partial charge in [0, 0.05) is 19.0 Å². The number of carbonyl (C=O) groups excluding carboxylic acids is 2. The molecule has 0 radical (unpaired) electrons. The minimum Gasteiger partial charge on any atom is -0.462 e. The first-order valence-electron chi connectivity index (χ1n) is 9.43. The van der Waals surface area contributed by atoms with Crippen LogP contribution in [0.5, 0.6) is 0 Å². The molecule has 0 atom stereocenters. The predicted molar refractivity (Wildman–Crippen MR) is 109 cm³/mol. The van der Waals surface area contributed by atoms with Crippen LogP contribution in [0, 0.1) is 18.7 Å². The number of piperidine rings is 1. The summed E-state index contributed by atoms with van der Waals surface area (Å²) >= 11 is 1.05. The van der Waals surface area contributed by atoms with E-state index in [-0.39, 0.29) is 36.4 Å². The maximum Gasteiger partial charge on any atom is 0.350 e. The molecule has 1 N–H and O–H groups in total. The van der Waals surface area contributed by atoms with Gasteiger partial charge in [-0.15, -0.1) is 0 Å². The molecule has 1 fully saturated rings. The lowest BCUT2D eigenvalue weighted by molar-refractivity contribution is -0.120. The van der Waals surface area contributed by atoms with Gasteiger partial charge in [0.05, 0.1) is 17.2 Å². The Balaban J connectivity index is 1.60. The highest BCUT2D eigenvalue weighted by molar-refractivity contribution is 7.89.